The number of rotatable bonds is 6. The number of hydrogen-bond donors (Lipinski definition) is 1. The highest BCUT2D eigenvalue weighted by Crippen LogP contribution is 2.27. The molecule has 122 valence electrons. The predicted octanol–water partition coefficient (Wildman–Crippen LogP) is 3.76. The first kappa shape index (κ1) is 17.0. The first-order chi connectivity index (χ1) is 11.0. The minimum absolute atomic E-state index is 0.305. The molecule has 1 N–H and O–H groups in total. The molecule has 0 radical (unpaired) electrons. The molecule has 0 bridgehead atoms. The van der Waals surface area contributed by atoms with Crippen LogP contribution in [0.3, 0.4) is 0 Å². The Labute approximate surface area is 140 Å². The van der Waals surface area contributed by atoms with Crippen molar-refractivity contribution < 1.29 is 19.0 Å². The number of ether oxygens (including phenoxy) is 3. The average molecular weight is 336 g/mol. The van der Waals surface area contributed by atoms with E-state index in [1.807, 2.05) is 0 Å². The highest BCUT2D eigenvalue weighted by atomic mass is 35.5. The lowest BCUT2D eigenvalue weighted by Gasteiger charge is -2.16. The molecule has 6 heteroatoms. The molecule has 2 aromatic carbocycles. The van der Waals surface area contributed by atoms with Crippen molar-refractivity contribution in [2.75, 3.05) is 19.5 Å². The van der Waals surface area contributed by atoms with Gasteiger partial charge in [-0.05, 0) is 19.1 Å². The summed E-state index contributed by atoms with van der Waals surface area (Å²) < 4.78 is 15.9. The van der Waals surface area contributed by atoms with Crippen molar-refractivity contribution in [1.82, 2.24) is 0 Å². The fourth-order valence-electron chi connectivity index (χ4n) is 1.91. The van der Waals surface area contributed by atoms with Gasteiger partial charge in [-0.2, -0.15) is 0 Å². The van der Waals surface area contributed by atoms with Crippen molar-refractivity contribution in [2.45, 2.75) is 13.0 Å². The fraction of sp³-hybridized carbons (Fsp3) is 0.235. The van der Waals surface area contributed by atoms with Crippen LogP contribution in [0.2, 0.25) is 5.02 Å². The van der Waals surface area contributed by atoms with Gasteiger partial charge in [0.2, 0.25) is 0 Å². The van der Waals surface area contributed by atoms with Gasteiger partial charge in [0.15, 0.2) is 6.10 Å². The Morgan fingerprint density at radius 1 is 1.09 bits per heavy atom. The Kier molecular flexibility index (Phi) is 5.71. The number of carbonyl (C=O) groups is 1. The molecule has 0 fully saturated rings. The molecule has 1 atom stereocenters. The molecule has 2 rings (SSSR count). The van der Waals surface area contributed by atoms with E-state index in [4.69, 9.17) is 25.8 Å². The van der Waals surface area contributed by atoms with Crippen LogP contribution < -0.4 is 19.5 Å². The number of anilines is 1. The monoisotopic (exact) mass is 335 g/mol. The van der Waals surface area contributed by atoms with Gasteiger partial charge in [0.05, 0.1) is 19.2 Å². The quantitative estimate of drug-likeness (QED) is 0.873. The number of nitrogens with one attached hydrogen (secondary N) is 1. The summed E-state index contributed by atoms with van der Waals surface area (Å²) in [6.07, 6.45) is -0.716. The maximum atomic E-state index is 12.3. The molecule has 2 aromatic rings. The van der Waals surface area contributed by atoms with E-state index in [0.717, 1.165) is 0 Å². The van der Waals surface area contributed by atoms with Gasteiger partial charge in [-0.25, -0.2) is 0 Å². The fourth-order valence-corrected chi connectivity index (χ4v) is 2.09. The van der Waals surface area contributed by atoms with Crippen molar-refractivity contribution >= 4 is 23.2 Å². The standard InChI is InChI=1S/C17H18ClNO4/c1-11(23-16-7-5-4-6-15(16)18)17(20)19-12-8-13(21-2)10-14(9-12)22-3/h4-11H,1-3H3,(H,19,20). The molecule has 0 aliphatic rings. The zero-order valence-electron chi connectivity index (χ0n) is 13.1. The number of benzene rings is 2. The van der Waals surface area contributed by atoms with Gasteiger partial charge in [0.25, 0.3) is 5.91 Å². The maximum Gasteiger partial charge on any atom is 0.265 e. The number of para-hydroxylation sites is 1. The lowest BCUT2D eigenvalue weighted by atomic mass is 10.2. The number of amides is 1. The summed E-state index contributed by atoms with van der Waals surface area (Å²) in [5, 5.41) is 3.22. The zero-order valence-corrected chi connectivity index (χ0v) is 13.9. The molecule has 0 heterocycles. The van der Waals surface area contributed by atoms with E-state index >= 15 is 0 Å². The van der Waals surface area contributed by atoms with E-state index in [1.54, 1.807) is 63.6 Å². The Balaban J connectivity index is 2.08. The summed E-state index contributed by atoms with van der Waals surface area (Å²) in [4.78, 5) is 12.3. The first-order valence-corrected chi connectivity index (χ1v) is 7.36. The van der Waals surface area contributed by atoms with Gasteiger partial charge in [0.1, 0.15) is 17.2 Å². The van der Waals surface area contributed by atoms with Gasteiger partial charge >= 0.3 is 0 Å². The van der Waals surface area contributed by atoms with Crippen LogP contribution in [0.4, 0.5) is 5.69 Å². The van der Waals surface area contributed by atoms with Gasteiger partial charge in [-0.3, -0.25) is 4.79 Å². The smallest absolute Gasteiger partial charge is 0.265 e. The molecule has 0 aromatic heterocycles. The minimum Gasteiger partial charge on any atom is -0.497 e. The maximum absolute atomic E-state index is 12.3. The summed E-state index contributed by atoms with van der Waals surface area (Å²) in [5.41, 5.74) is 0.556. The van der Waals surface area contributed by atoms with Crippen LogP contribution in [0.5, 0.6) is 17.2 Å². The van der Waals surface area contributed by atoms with Gasteiger partial charge in [-0.15, -0.1) is 0 Å². The summed E-state index contributed by atoms with van der Waals surface area (Å²) in [5.74, 6) is 1.32. The third-order valence-corrected chi connectivity index (χ3v) is 3.44. The summed E-state index contributed by atoms with van der Waals surface area (Å²) in [6.45, 7) is 1.65. The van der Waals surface area contributed by atoms with Crippen LogP contribution in [0, 0.1) is 0 Å². The van der Waals surface area contributed by atoms with Crippen LogP contribution in [-0.4, -0.2) is 26.2 Å². The summed E-state index contributed by atoms with van der Waals surface area (Å²) in [7, 11) is 3.09. The van der Waals surface area contributed by atoms with E-state index < -0.39 is 6.10 Å². The van der Waals surface area contributed by atoms with Crippen LogP contribution in [0.25, 0.3) is 0 Å². The second-order valence-electron chi connectivity index (χ2n) is 4.78. The van der Waals surface area contributed by atoms with E-state index in [0.29, 0.717) is 28.0 Å². The molecular weight excluding hydrogens is 318 g/mol. The summed E-state index contributed by atoms with van der Waals surface area (Å²) in [6, 6.07) is 12.1. The number of carbonyl (C=O) groups excluding carboxylic acids is 1. The van der Waals surface area contributed by atoms with Crippen LogP contribution in [0.15, 0.2) is 42.5 Å². The molecule has 1 unspecified atom stereocenters. The van der Waals surface area contributed by atoms with Crippen LogP contribution >= 0.6 is 11.6 Å². The molecule has 5 nitrogen and oxygen atoms in total. The SMILES string of the molecule is COc1cc(NC(=O)C(C)Oc2ccccc2Cl)cc(OC)c1. The first-order valence-electron chi connectivity index (χ1n) is 6.98. The Morgan fingerprint density at radius 3 is 2.26 bits per heavy atom. The van der Waals surface area contributed by atoms with E-state index in [1.165, 1.54) is 0 Å². The molecule has 1 amide bonds. The van der Waals surface area contributed by atoms with E-state index in [9.17, 15) is 4.79 Å². The zero-order chi connectivity index (χ0) is 16.8. The Bertz CT molecular complexity index is 668. The van der Waals surface area contributed by atoms with Crippen LogP contribution in [0.1, 0.15) is 6.92 Å². The predicted molar refractivity (Wildman–Crippen MR) is 89.7 cm³/mol. The Hall–Kier alpha value is -2.40. The molecule has 0 aliphatic carbocycles. The summed E-state index contributed by atoms with van der Waals surface area (Å²) >= 11 is 6.02. The second kappa shape index (κ2) is 7.74. The number of halogens is 1. The lowest BCUT2D eigenvalue weighted by molar-refractivity contribution is -0.122. The highest BCUT2D eigenvalue weighted by Gasteiger charge is 2.17. The molecule has 0 aliphatic heterocycles. The van der Waals surface area contributed by atoms with Gasteiger partial charge in [-0.1, -0.05) is 23.7 Å². The van der Waals surface area contributed by atoms with E-state index in [2.05, 4.69) is 5.32 Å². The van der Waals surface area contributed by atoms with Gasteiger partial charge < -0.3 is 19.5 Å². The second-order valence-corrected chi connectivity index (χ2v) is 5.19. The average Bonchev–Trinajstić information content (AvgIpc) is 2.56. The largest absolute Gasteiger partial charge is 0.497 e. The molecule has 0 saturated heterocycles. The van der Waals surface area contributed by atoms with Crippen molar-refractivity contribution in [3.8, 4) is 17.2 Å². The topological polar surface area (TPSA) is 56.8 Å². The molecule has 0 saturated carbocycles. The molecule has 23 heavy (non-hydrogen) atoms. The number of methoxy groups -OCH3 is 2. The Morgan fingerprint density at radius 2 is 1.70 bits per heavy atom. The highest BCUT2D eigenvalue weighted by molar-refractivity contribution is 6.32. The number of hydrogen-bond acceptors (Lipinski definition) is 4. The third-order valence-electron chi connectivity index (χ3n) is 3.13. The third kappa shape index (κ3) is 4.53. The van der Waals surface area contributed by atoms with Gasteiger partial charge in [0, 0.05) is 23.9 Å². The van der Waals surface area contributed by atoms with Crippen molar-refractivity contribution in [2.24, 2.45) is 0 Å². The van der Waals surface area contributed by atoms with E-state index in [-0.39, 0.29) is 5.91 Å². The van der Waals surface area contributed by atoms with Crippen LogP contribution in [-0.2, 0) is 4.79 Å². The van der Waals surface area contributed by atoms with Crippen molar-refractivity contribution in [3.63, 3.8) is 0 Å². The minimum atomic E-state index is -0.716. The van der Waals surface area contributed by atoms with Crippen molar-refractivity contribution in [1.29, 1.82) is 0 Å². The normalized spacial score (nSPS) is 11.5. The van der Waals surface area contributed by atoms with Crippen molar-refractivity contribution in [3.05, 3.63) is 47.5 Å². The molecule has 0 spiro atoms. The lowest BCUT2D eigenvalue weighted by Crippen LogP contribution is -2.30. The molecular formula is C17H18ClNO4.